The second-order valence-electron chi connectivity index (χ2n) is 17.1. The zero-order valence-corrected chi connectivity index (χ0v) is 36.3. The molecule has 302 valence electrons. The van der Waals surface area contributed by atoms with E-state index in [-0.39, 0.29) is 0 Å². The van der Waals surface area contributed by atoms with Crippen LogP contribution in [0.2, 0.25) is 0 Å². The monoisotopic (exact) mass is 840 g/mol. The minimum Gasteiger partial charge on any atom is -0.135 e. The molecule has 0 bridgehead atoms. The van der Waals surface area contributed by atoms with Crippen LogP contribution in [0.4, 0.5) is 0 Å². The van der Waals surface area contributed by atoms with Gasteiger partial charge in [0.05, 0.1) is 0 Å². The normalized spacial score (nSPS) is 11.7. The molecule has 0 aliphatic heterocycles. The third-order valence-corrected chi connectivity index (χ3v) is 14.6. The van der Waals surface area contributed by atoms with Crippen molar-refractivity contribution in [2.45, 2.75) is 0 Å². The minimum atomic E-state index is 1.21. The van der Waals surface area contributed by atoms with Crippen molar-refractivity contribution in [2.75, 3.05) is 0 Å². The Morgan fingerprint density at radius 2 is 0.538 bits per heavy atom. The number of benzene rings is 12. The van der Waals surface area contributed by atoms with E-state index in [2.05, 4.69) is 243 Å². The molecular formula is C64H40S. The lowest BCUT2D eigenvalue weighted by molar-refractivity contribution is 1.65. The fourth-order valence-corrected chi connectivity index (χ4v) is 11.5. The molecule has 0 saturated carbocycles. The number of rotatable bonds is 6. The first kappa shape index (κ1) is 37.5. The number of hydrogen-bond donors (Lipinski definition) is 0. The Balaban J connectivity index is 1.07. The highest BCUT2D eigenvalue weighted by molar-refractivity contribution is 7.18. The van der Waals surface area contributed by atoms with Crippen LogP contribution in [0.15, 0.2) is 243 Å². The van der Waals surface area contributed by atoms with Crippen LogP contribution in [0, 0.1) is 0 Å². The smallest absolute Gasteiger partial charge is 0.0349 e. The van der Waals surface area contributed by atoms with E-state index in [0.29, 0.717) is 0 Å². The molecule has 13 rings (SSSR count). The van der Waals surface area contributed by atoms with Crippen LogP contribution < -0.4 is 0 Å². The lowest BCUT2D eigenvalue weighted by atomic mass is 9.82. The molecular weight excluding hydrogens is 801 g/mol. The van der Waals surface area contributed by atoms with E-state index in [9.17, 15) is 0 Å². The van der Waals surface area contributed by atoms with Gasteiger partial charge in [-0.1, -0.05) is 206 Å². The molecule has 0 radical (unpaired) electrons. The first-order chi connectivity index (χ1) is 32.2. The third-order valence-electron chi connectivity index (χ3n) is 13.4. The predicted molar refractivity (Wildman–Crippen MR) is 282 cm³/mol. The highest BCUT2D eigenvalue weighted by atomic mass is 32.1. The molecule has 65 heavy (non-hydrogen) atoms. The zero-order chi connectivity index (χ0) is 42.8. The van der Waals surface area contributed by atoms with Crippen molar-refractivity contribution in [3.8, 4) is 65.4 Å². The zero-order valence-electron chi connectivity index (χ0n) is 35.5. The Hall–Kier alpha value is -8.10. The van der Waals surface area contributed by atoms with Crippen molar-refractivity contribution >= 4 is 76.0 Å². The van der Waals surface area contributed by atoms with Crippen LogP contribution >= 0.6 is 11.3 Å². The molecule has 0 saturated heterocycles. The van der Waals surface area contributed by atoms with Crippen LogP contribution in [0.3, 0.4) is 0 Å². The maximum atomic E-state index is 2.49. The molecule has 0 amide bonds. The standard InChI is InChI=1S/C64H40S/c1-2-17-43(18-3-1)59-35-36-60(65-59)46-21-14-22-47(39-46)61-51-23-8-10-25-53(51)63(54-26-11-9-24-52(54)61)50-33-34-57-58(40-50)64(49-32-30-42-16-5-7-20-45(42)38-49)56-28-13-12-27-55(56)62(57)48-31-29-41-15-4-6-19-44(41)37-48/h1-40H. The van der Waals surface area contributed by atoms with Gasteiger partial charge in [0.1, 0.15) is 0 Å². The van der Waals surface area contributed by atoms with Crippen LogP contribution in [0.5, 0.6) is 0 Å². The molecule has 0 nitrogen and oxygen atoms in total. The Bertz CT molecular complexity index is 3940. The highest BCUT2D eigenvalue weighted by Gasteiger charge is 2.21. The molecule has 0 spiro atoms. The highest BCUT2D eigenvalue weighted by Crippen LogP contribution is 2.49. The summed E-state index contributed by atoms with van der Waals surface area (Å²) in [5.41, 5.74) is 12.4. The van der Waals surface area contributed by atoms with Crippen LogP contribution in [0.25, 0.3) is 130 Å². The first-order valence-corrected chi connectivity index (χ1v) is 23.2. The first-order valence-electron chi connectivity index (χ1n) is 22.4. The van der Waals surface area contributed by atoms with Crippen molar-refractivity contribution in [3.63, 3.8) is 0 Å². The number of fused-ring (bicyclic) bond motifs is 6. The predicted octanol–water partition coefficient (Wildman–Crippen LogP) is 18.7. The van der Waals surface area contributed by atoms with E-state index in [1.54, 1.807) is 0 Å². The number of thiophene rings is 1. The second kappa shape index (κ2) is 15.3. The summed E-state index contributed by atoms with van der Waals surface area (Å²) < 4.78 is 0. The molecule has 1 aromatic heterocycles. The molecule has 0 aliphatic carbocycles. The van der Waals surface area contributed by atoms with Crippen molar-refractivity contribution in [1.29, 1.82) is 0 Å². The van der Waals surface area contributed by atoms with Crippen LogP contribution in [-0.2, 0) is 0 Å². The summed E-state index contributed by atoms with van der Waals surface area (Å²) >= 11 is 1.85. The fraction of sp³-hybridized carbons (Fsp3) is 0. The fourth-order valence-electron chi connectivity index (χ4n) is 10.5. The van der Waals surface area contributed by atoms with Gasteiger partial charge in [0.25, 0.3) is 0 Å². The summed E-state index contributed by atoms with van der Waals surface area (Å²) in [5, 5.41) is 15.0. The van der Waals surface area contributed by atoms with E-state index in [1.165, 1.54) is 130 Å². The Kier molecular flexibility index (Phi) is 8.82. The summed E-state index contributed by atoms with van der Waals surface area (Å²) in [6, 6.07) is 90.0. The molecule has 0 atom stereocenters. The summed E-state index contributed by atoms with van der Waals surface area (Å²) in [5.74, 6) is 0. The topological polar surface area (TPSA) is 0 Å². The molecule has 0 N–H and O–H groups in total. The van der Waals surface area contributed by atoms with Gasteiger partial charge in [-0.05, 0) is 157 Å². The summed E-state index contributed by atoms with van der Waals surface area (Å²) in [6.07, 6.45) is 0. The molecule has 0 fully saturated rings. The second-order valence-corrected chi connectivity index (χ2v) is 18.2. The van der Waals surface area contributed by atoms with Gasteiger partial charge in [0, 0.05) is 9.75 Å². The summed E-state index contributed by atoms with van der Waals surface area (Å²) in [4.78, 5) is 2.55. The van der Waals surface area contributed by atoms with E-state index < -0.39 is 0 Å². The minimum absolute atomic E-state index is 1.21. The SMILES string of the molecule is c1ccc(-c2ccc(-c3cccc(-c4c5ccccc5c(-c5ccc6c(-c7ccc8ccccc8c7)c7ccccc7c(-c7ccc8ccccc8c7)c6c5)c5ccccc45)c3)s2)cc1. The van der Waals surface area contributed by atoms with Gasteiger partial charge in [-0.3, -0.25) is 0 Å². The summed E-state index contributed by atoms with van der Waals surface area (Å²) in [6.45, 7) is 0. The maximum Gasteiger partial charge on any atom is 0.0349 e. The van der Waals surface area contributed by atoms with Crippen molar-refractivity contribution < 1.29 is 0 Å². The average molecular weight is 841 g/mol. The van der Waals surface area contributed by atoms with Gasteiger partial charge in [-0.2, -0.15) is 0 Å². The lowest BCUT2D eigenvalue weighted by Gasteiger charge is -2.21. The van der Waals surface area contributed by atoms with E-state index in [0.717, 1.165) is 0 Å². The van der Waals surface area contributed by atoms with Gasteiger partial charge in [-0.25, -0.2) is 0 Å². The molecule has 0 aliphatic rings. The maximum absolute atomic E-state index is 2.49. The van der Waals surface area contributed by atoms with Gasteiger partial charge in [0.15, 0.2) is 0 Å². The van der Waals surface area contributed by atoms with Crippen LogP contribution in [0.1, 0.15) is 0 Å². The molecule has 1 heterocycles. The molecule has 12 aromatic carbocycles. The van der Waals surface area contributed by atoms with Crippen molar-refractivity contribution in [1.82, 2.24) is 0 Å². The number of hydrogen-bond acceptors (Lipinski definition) is 1. The van der Waals surface area contributed by atoms with E-state index >= 15 is 0 Å². The van der Waals surface area contributed by atoms with Gasteiger partial charge in [0.2, 0.25) is 0 Å². The molecule has 1 heteroatoms. The lowest BCUT2D eigenvalue weighted by Crippen LogP contribution is -1.94. The average Bonchev–Trinajstić information content (AvgIpc) is 3.88. The quantitative estimate of drug-likeness (QED) is 0.146. The van der Waals surface area contributed by atoms with E-state index in [1.807, 2.05) is 11.3 Å². The van der Waals surface area contributed by atoms with Gasteiger partial charge in [-0.15, -0.1) is 11.3 Å². The Morgan fingerprint density at radius 1 is 0.185 bits per heavy atom. The van der Waals surface area contributed by atoms with Gasteiger partial charge >= 0.3 is 0 Å². The third kappa shape index (κ3) is 6.27. The van der Waals surface area contributed by atoms with Crippen molar-refractivity contribution in [2.24, 2.45) is 0 Å². The largest absolute Gasteiger partial charge is 0.135 e. The van der Waals surface area contributed by atoms with E-state index in [4.69, 9.17) is 0 Å². The Labute approximate surface area is 382 Å². The van der Waals surface area contributed by atoms with Crippen molar-refractivity contribution in [3.05, 3.63) is 243 Å². The molecule has 13 aromatic rings. The summed E-state index contributed by atoms with van der Waals surface area (Å²) in [7, 11) is 0. The van der Waals surface area contributed by atoms with Gasteiger partial charge < -0.3 is 0 Å². The molecule has 0 unspecified atom stereocenters. The van der Waals surface area contributed by atoms with Crippen LogP contribution in [-0.4, -0.2) is 0 Å². The Morgan fingerprint density at radius 3 is 1.06 bits per heavy atom.